The van der Waals surface area contributed by atoms with E-state index >= 15 is 0 Å². The van der Waals surface area contributed by atoms with Crippen LogP contribution in [0.4, 0.5) is 5.00 Å². The fraction of sp³-hybridized carbons (Fsp3) is 0.348. The molecule has 0 saturated heterocycles. The Morgan fingerprint density at radius 3 is 2.47 bits per heavy atom. The zero-order valence-corrected chi connectivity index (χ0v) is 18.0. The summed E-state index contributed by atoms with van der Waals surface area (Å²) in [4.78, 5) is 37.2. The number of carboxylic acids is 1. The third-order valence-corrected chi connectivity index (χ3v) is 6.31. The van der Waals surface area contributed by atoms with Gasteiger partial charge in [-0.25, -0.2) is 4.79 Å². The SMILES string of the molecule is CCOC(=O)c1c(-c2ccc(C)c(C)c2)csc1NC(=O)[C@H]1CC=CC[C@H]1C(=O)O. The third kappa shape index (κ3) is 4.46. The molecule has 30 heavy (non-hydrogen) atoms. The van der Waals surface area contributed by atoms with E-state index in [1.54, 1.807) is 13.0 Å². The number of carbonyl (C=O) groups is 3. The Bertz CT molecular complexity index is 1010. The van der Waals surface area contributed by atoms with Gasteiger partial charge in [0, 0.05) is 10.9 Å². The van der Waals surface area contributed by atoms with Gasteiger partial charge >= 0.3 is 11.9 Å². The van der Waals surface area contributed by atoms with Crippen molar-refractivity contribution >= 4 is 34.2 Å². The van der Waals surface area contributed by atoms with Crippen molar-refractivity contribution in [2.24, 2.45) is 11.8 Å². The van der Waals surface area contributed by atoms with E-state index in [1.165, 1.54) is 11.3 Å². The smallest absolute Gasteiger partial charge is 0.341 e. The van der Waals surface area contributed by atoms with Crippen molar-refractivity contribution in [3.05, 3.63) is 52.4 Å². The second kappa shape index (κ2) is 9.26. The molecule has 1 aliphatic rings. The number of hydrogen-bond acceptors (Lipinski definition) is 5. The predicted molar refractivity (Wildman–Crippen MR) is 117 cm³/mol. The Kier molecular flexibility index (Phi) is 6.72. The molecule has 158 valence electrons. The van der Waals surface area contributed by atoms with Crippen LogP contribution in [-0.2, 0) is 14.3 Å². The predicted octanol–water partition coefficient (Wildman–Crippen LogP) is 4.81. The van der Waals surface area contributed by atoms with E-state index in [1.807, 2.05) is 43.5 Å². The summed E-state index contributed by atoms with van der Waals surface area (Å²) in [5, 5.41) is 14.5. The number of aliphatic carboxylic acids is 1. The number of carboxylic acid groups (broad SMARTS) is 1. The Labute approximate surface area is 179 Å². The summed E-state index contributed by atoms with van der Waals surface area (Å²) in [6, 6.07) is 5.92. The molecule has 1 aliphatic carbocycles. The van der Waals surface area contributed by atoms with Crippen LogP contribution in [0.3, 0.4) is 0 Å². The second-order valence-electron chi connectivity index (χ2n) is 7.36. The monoisotopic (exact) mass is 427 g/mol. The Morgan fingerprint density at radius 2 is 1.83 bits per heavy atom. The molecule has 0 aliphatic heterocycles. The van der Waals surface area contributed by atoms with Crippen molar-refractivity contribution in [3.8, 4) is 11.1 Å². The normalized spacial score (nSPS) is 18.1. The number of anilines is 1. The number of benzene rings is 1. The zero-order valence-electron chi connectivity index (χ0n) is 17.2. The maximum atomic E-state index is 12.9. The van der Waals surface area contributed by atoms with Gasteiger partial charge in [-0.05, 0) is 50.3 Å². The summed E-state index contributed by atoms with van der Waals surface area (Å²) in [6.07, 6.45) is 4.28. The van der Waals surface area contributed by atoms with Gasteiger partial charge in [0.25, 0.3) is 0 Å². The van der Waals surface area contributed by atoms with E-state index in [0.29, 0.717) is 29.0 Å². The van der Waals surface area contributed by atoms with E-state index in [4.69, 9.17) is 4.74 Å². The zero-order chi connectivity index (χ0) is 21.8. The number of ether oxygens (including phenoxy) is 1. The minimum Gasteiger partial charge on any atom is -0.481 e. The topological polar surface area (TPSA) is 92.7 Å². The highest BCUT2D eigenvalue weighted by molar-refractivity contribution is 7.15. The van der Waals surface area contributed by atoms with E-state index in [-0.39, 0.29) is 6.61 Å². The van der Waals surface area contributed by atoms with Crippen molar-refractivity contribution in [1.82, 2.24) is 0 Å². The van der Waals surface area contributed by atoms with Crippen molar-refractivity contribution < 1.29 is 24.2 Å². The third-order valence-electron chi connectivity index (χ3n) is 5.41. The van der Waals surface area contributed by atoms with Crippen LogP contribution in [0.1, 0.15) is 41.3 Å². The lowest BCUT2D eigenvalue weighted by Crippen LogP contribution is -2.34. The highest BCUT2D eigenvalue weighted by Crippen LogP contribution is 2.38. The quantitative estimate of drug-likeness (QED) is 0.510. The van der Waals surface area contributed by atoms with E-state index in [0.717, 1.165) is 16.7 Å². The molecule has 1 heterocycles. The van der Waals surface area contributed by atoms with Crippen LogP contribution in [0.2, 0.25) is 0 Å². The van der Waals surface area contributed by atoms with E-state index < -0.39 is 29.7 Å². The fourth-order valence-corrected chi connectivity index (χ4v) is 4.52. The van der Waals surface area contributed by atoms with Gasteiger partial charge in [-0.15, -0.1) is 11.3 Å². The fourth-order valence-electron chi connectivity index (χ4n) is 3.56. The van der Waals surface area contributed by atoms with Crippen molar-refractivity contribution in [3.63, 3.8) is 0 Å². The van der Waals surface area contributed by atoms with Crippen LogP contribution in [0.25, 0.3) is 11.1 Å². The number of carbonyl (C=O) groups excluding carboxylic acids is 2. The van der Waals surface area contributed by atoms with Crippen LogP contribution in [0.5, 0.6) is 0 Å². The molecule has 3 rings (SSSR count). The standard InChI is InChI=1S/C23H25NO5S/c1-4-29-23(28)19-18(15-10-9-13(2)14(3)11-15)12-30-21(19)24-20(25)16-7-5-6-8-17(16)22(26)27/h5-6,9-12,16-17H,4,7-8H2,1-3H3,(H,24,25)(H,26,27)/t16-,17+/m0/s1. The molecule has 0 spiro atoms. The minimum atomic E-state index is -0.993. The van der Waals surface area contributed by atoms with Gasteiger partial charge in [-0.3, -0.25) is 9.59 Å². The number of nitrogens with one attached hydrogen (secondary N) is 1. The van der Waals surface area contributed by atoms with Crippen molar-refractivity contribution in [1.29, 1.82) is 0 Å². The molecule has 6 nitrogen and oxygen atoms in total. The van der Waals surface area contributed by atoms with Gasteiger partial charge in [0.05, 0.1) is 18.4 Å². The Morgan fingerprint density at radius 1 is 1.13 bits per heavy atom. The molecule has 0 unspecified atom stereocenters. The molecule has 0 radical (unpaired) electrons. The lowest BCUT2D eigenvalue weighted by molar-refractivity contribution is -0.146. The number of thiophene rings is 1. The molecule has 1 aromatic heterocycles. The number of allylic oxidation sites excluding steroid dienone is 2. The summed E-state index contributed by atoms with van der Waals surface area (Å²) in [5.41, 5.74) is 4.09. The first-order valence-corrected chi connectivity index (χ1v) is 10.8. The number of esters is 1. The number of amides is 1. The second-order valence-corrected chi connectivity index (χ2v) is 8.24. The average Bonchev–Trinajstić information content (AvgIpc) is 3.13. The van der Waals surface area contributed by atoms with Crippen LogP contribution in [0, 0.1) is 25.7 Å². The first kappa shape index (κ1) is 21.8. The Balaban J connectivity index is 1.96. The van der Waals surface area contributed by atoms with Gasteiger partial charge in [0.2, 0.25) is 5.91 Å². The molecule has 7 heteroatoms. The van der Waals surface area contributed by atoms with Gasteiger partial charge in [-0.1, -0.05) is 30.4 Å². The van der Waals surface area contributed by atoms with Crippen molar-refractivity contribution in [2.45, 2.75) is 33.6 Å². The van der Waals surface area contributed by atoms with Crippen LogP contribution in [-0.4, -0.2) is 29.6 Å². The highest BCUT2D eigenvalue weighted by Gasteiger charge is 2.35. The molecule has 2 atom stereocenters. The van der Waals surface area contributed by atoms with Gasteiger partial charge in [0.15, 0.2) is 0 Å². The summed E-state index contributed by atoms with van der Waals surface area (Å²) < 4.78 is 5.24. The van der Waals surface area contributed by atoms with Gasteiger partial charge in [0.1, 0.15) is 10.6 Å². The number of aryl methyl sites for hydroxylation is 2. The summed E-state index contributed by atoms with van der Waals surface area (Å²) in [6.45, 7) is 5.95. The number of rotatable bonds is 6. The summed E-state index contributed by atoms with van der Waals surface area (Å²) in [5.74, 6) is -3.37. The maximum Gasteiger partial charge on any atom is 0.341 e. The highest BCUT2D eigenvalue weighted by atomic mass is 32.1. The Hall–Kier alpha value is -2.93. The summed E-state index contributed by atoms with van der Waals surface area (Å²) >= 11 is 1.24. The maximum absolute atomic E-state index is 12.9. The largest absolute Gasteiger partial charge is 0.481 e. The lowest BCUT2D eigenvalue weighted by atomic mass is 9.82. The first-order valence-electron chi connectivity index (χ1n) is 9.88. The molecular weight excluding hydrogens is 402 g/mol. The lowest BCUT2D eigenvalue weighted by Gasteiger charge is -2.24. The molecule has 0 fully saturated rings. The van der Waals surface area contributed by atoms with E-state index in [9.17, 15) is 19.5 Å². The first-order chi connectivity index (χ1) is 14.3. The molecule has 2 aromatic rings. The van der Waals surface area contributed by atoms with Crippen LogP contribution < -0.4 is 5.32 Å². The van der Waals surface area contributed by atoms with Gasteiger partial charge in [-0.2, -0.15) is 0 Å². The molecule has 0 saturated carbocycles. The van der Waals surface area contributed by atoms with Gasteiger partial charge < -0.3 is 15.2 Å². The minimum absolute atomic E-state index is 0.211. The molecule has 1 amide bonds. The van der Waals surface area contributed by atoms with Crippen LogP contribution >= 0.6 is 11.3 Å². The van der Waals surface area contributed by atoms with E-state index in [2.05, 4.69) is 5.32 Å². The van der Waals surface area contributed by atoms with Crippen molar-refractivity contribution in [2.75, 3.05) is 11.9 Å². The molecule has 2 N–H and O–H groups in total. The molecule has 1 aromatic carbocycles. The average molecular weight is 428 g/mol. The number of hydrogen-bond donors (Lipinski definition) is 2. The molecule has 0 bridgehead atoms. The summed E-state index contributed by atoms with van der Waals surface area (Å²) in [7, 11) is 0. The van der Waals surface area contributed by atoms with Crippen LogP contribution in [0.15, 0.2) is 35.7 Å². The molecular formula is C23H25NO5S.